The van der Waals surface area contributed by atoms with Crippen molar-refractivity contribution >= 4 is 23.2 Å². The molecule has 0 atom stereocenters. The average molecular weight is 488 g/mol. The Hall–Kier alpha value is -3.88. The minimum atomic E-state index is -0.254. The average Bonchev–Trinajstić information content (AvgIpc) is 3.38. The van der Waals surface area contributed by atoms with E-state index in [0.29, 0.717) is 29.3 Å². The van der Waals surface area contributed by atoms with Crippen molar-refractivity contribution in [2.24, 2.45) is 5.92 Å². The summed E-state index contributed by atoms with van der Waals surface area (Å²) in [7, 11) is 1.58. The highest BCUT2D eigenvalue weighted by Crippen LogP contribution is 2.29. The molecular weight excluding hydrogens is 458 g/mol. The summed E-state index contributed by atoms with van der Waals surface area (Å²) in [6.45, 7) is 2.97. The highest BCUT2D eigenvalue weighted by Gasteiger charge is 2.26. The van der Waals surface area contributed by atoms with E-state index in [0.717, 1.165) is 43.8 Å². The molecule has 5 rings (SSSR count). The molecule has 0 unspecified atom stereocenters. The van der Waals surface area contributed by atoms with E-state index in [4.69, 9.17) is 14.5 Å². The van der Waals surface area contributed by atoms with Crippen LogP contribution in [0.5, 0.6) is 11.5 Å². The number of methoxy groups -OCH3 is 1. The van der Waals surface area contributed by atoms with Gasteiger partial charge in [-0.2, -0.15) is 4.89 Å². The number of rotatable bonds is 7. The molecule has 36 heavy (non-hydrogen) atoms. The van der Waals surface area contributed by atoms with Crippen LogP contribution in [0.3, 0.4) is 0 Å². The van der Waals surface area contributed by atoms with Crippen molar-refractivity contribution in [3.63, 3.8) is 0 Å². The van der Waals surface area contributed by atoms with Gasteiger partial charge in [-0.1, -0.05) is 24.3 Å². The zero-order chi connectivity index (χ0) is 24.9. The minimum absolute atomic E-state index is 0.0242. The van der Waals surface area contributed by atoms with Crippen molar-refractivity contribution in [2.75, 3.05) is 30.8 Å². The summed E-state index contributed by atoms with van der Waals surface area (Å²) in [5.41, 5.74) is 3.89. The number of benzene rings is 3. The van der Waals surface area contributed by atoms with Crippen LogP contribution in [-0.4, -0.2) is 36.9 Å². The Kier molecular flexibility index (Phi) is 7.16. The first-order chi connectivity index (χ1) is 17.6. The molecule has 186 valence electrons. The number of likely N-dealkylation sites (tertiary alicyclic amines) is 1. The van der Waals surface area contributed by atoms with E-state index in [2.05, 4.69) is 21.6 Å². The number of piperidine rings is 1. The second-order valence-electron chi connectivity index (χ2n) is 9.06. The molecule has 0 aromatic heterocycles. The molecule has 3 aromatic rings. The Labute approximate surface area is 210 Å². The lowest BCUT2D eigenvalue weighted by atomic mass is 9.95. The summed E-state index contributed by atoms with van der Waals surface area (Å²) in [6.07, 6.45) is 1.55. The van der Waals surface area contributed by atoms with Gasteiger partial charge in [0.1, 0.15) is 12.4 Å². The van der Waals surface area contributed by atoms with Crippen molar-refractivity contribution in [1.82, 2.24) is 4.90 Å². The molecule has 0 spiro atoms. The second-order valence-corrected chi connectivity index (χ2v) is 9.06. The number of carbonyl (C=O) groups excluding carboxylic acids is 2. The Bertz CT molecular complexity index is 1240. The number of amides is 2. The fourth-order valence-electron chi connectivity index (χ4n) is 4.53. The van der Waals surface area contributed by atoms with Gasteiger partial charge in [0.2, 0.25) is 5.91 Å². The Morgan fingerprint density at radius 1 is 0.972 bits per heavy atom. The summed E-state index contributed by atoms with van der Waals surface area (Å²) in [6, 6.07) is 20.3. The minimum Gasteiger partial charge on any atom is -0.497 e. The van der Waals surface area contributed by atoms with Gasteiger partial charge in [-0.05, 0) is 74.0 Å². The highest BCUT2D eigenvalue weighted by atomic mass is 17.2. The van der Waals surface area contributed by atoms with Crippen molar-refractivity contribution in [2.45, 2.75) is 26.0 Å². The maximum Gasteiger partial charge on any atom is 0.255 e. The number of fused-ring (bicyclic) bond motifs is 1. The van der Waals surface area contributed by atoms with Gasteiger partial charge in [0.15, 0.2) is 5.75 Å². The molecule has 2 N–H and O–H groups in total. The number of hydrogen-bond donors (Lipinski definition) is 2. The smallest absolute Gasteiger partial charge is 0.255 e. The fraction of sp³-hybridized carbons (Fsp3) is 0.286. The van der Waals surface area contributed by atoms with Crippen LogP contribution in [0.1, 0.15) is 34.3 Å². The number of para-hydroxylation sites is 2. The SMILES string of the molecule is COc1ccc(C(=O)Nc2ccccc2NC(=O)C2CCN(Cc3ccc4c(c3)OOC4)CC2)cc1. The van der Waals surface area contributed by atoms with Crippen molar-refractivity contribution < 1.29 is 24.1 Å². The van der Waals surface area contributed by atoms with Gasteiger partial charge in [0.05, 0.1) is 18.5 Å². The molecule has 0 aliphatic carbocycles. The standard InChI is InChI=1S/C28H29N3O5/c1-34-23-10-8-20(9-11-23)27(32)29-24-4-2-3-5-25(24)30-28(33)21-12-14-31(15-13-21)17-19-6-7-22-18-35-36-26(22)16-19/h2-11,16,21H,12-15,17-18H2,1H3,(H,29,32)(H,30,33). The van der Waals surface area contributed by atoms with Crippen molar-refractivity contribution in [1.29, 1.82) is 0 Å². The number of nitrogens with zero attached hydrogens (tertiary/aromatic N) is 1. The third-order valence-electron chi connectivity index (χ3n) is 6.64. The van der Waals surface area contributed by atoms with Crippen molar-refractivity contribution in [3.8, 4) is 11.5 Å². The van der Waals surface area contributed by atoms with Gasteiger partial charge in [-0.25, -0.2) is 0 Å². The normalized spacial score (nSPS) is 15.6. The molecule has 0 radical (unpaired) electrons. The molecule has 2 aliphatic heterocycles. The van der Waals surface area contributed by atoms with E-state index >= 15 is 0 Å². The topological polar surface area (TPSA) is 89.1 Å². The molecule has 2 aliphatic rings. The summed E-state index contributed by atoms with van der Waals surface area (Å²) >= 11 is 0. The van der Waals surface area contributed by atoms with Crippen LogP contribution in [0.4, 0.5) is 11.4 Å². The molecule has 0 saturated carbocycles. The van der Waals surface area contributed by atoms with Crippen LogP contribution >= 0.6 is 0 Å². The number of anilines is 2. The molecule has 1 saturated heterocycles. The van der Waals surface area contributed by atoms with E-state index < -0.39 is 0 Å². The van der Waals surface area contributed by atoms with E-state index in [1.165, 1.54) is 5.56 Å². The van der Waals surface area contributed by atoms with Crippen LogP contribution < -0.4 is 20.3 Å². The van der Waals surface area contributed by atoms with Crippen LogP contribution in [0.15, 0.2) is 66.7 Å². The number of nitrogens with one attached hydrogen (secondary N) is 2. The molecule has 2 amide bonds. The van der Waals surface area contributed by atoms with E-state index in [9.17, 15) is 9.59 Å². The number of carbonyl (C=O) groups is 2. The lowest BCUT2D eigenvalue weighted by Crippen LogP contribution is -2.37. The van der Waals surface area contributed by atoms with Crippen LogP contribution in [-0.2, 0) is 22.8 Å². The van der Waals surface area contributed by atoms with Gasteiger partial charge >= 0.3 is 0 Å². The molecular formula is C28H29N3O5. The molecule has 2 heterocycles. The first-order valence-electron chi connectivity index (χ1n) is 12.1. The van der Waals surface area contributed by atoms with E-state index in [-0.39, 0.29) is 17.7 Å². The summed E-state index contributed by atoms with van der Waals surface area (Å²) in [5, 5.41) is 5.93. The maximum absolute atomic E-state index is 13.1. The first-order valence-corrected chi connectivity index (χ1v) is 12.1. The Balaban J connectivity index is 1.15. The van der Waals surface area contributed by atoms with Crippen LogP contribution in [0.25, 0.3) is 0 Å². The predicted molar refractivity (Wildman–Crippen MR) is 136 cm³/mol. The lowest BCUT2D eigenvalue weighted by Gasteiger charge is -2.31. The zero-order valence-electron chi connectivity index (χ0n) is 20.2. The van der Waals surface area contributed by atoms with Crippen LogP contribution in [0, 0.1) is 5.92 Å². The molecule has 8 nitrogen and oxygen atoms in total. The third-order valence-corrected chi connectivity index (χ3v) is 6.64. The van der Waals surface area contributed by atoms with Gasteiger partial charge < -0.3 is 20.3 Å². The molecule has 3 aromatic carbocycles. The second kappa shape index (κ2) is 10.8. The fourth-order valence-corrected chi connectivity index (χ4v) is 4.53. The third kappa shape index (κ3) is 5.50. The molecule has 1 fully saturated rings. The predicted octanol–water partition coefficient (Wildman–Crippen LogP) is 4.62. The summed E-state index contributed by atoms with van der Waals surface area (Å²) < 4.78 is 5.15. The van der Waals surface area contributed by atoms with E-state index in [1.807, 2.05) is 24.3 Å². The maximum atomic E-state index is 13.1. The van der Waals surface area contributed by atoms with Gasteiger partial charge in [-0.3, -0.25) is 14.5 Å². The number of ether oxygens (including phenoxy) is 1. The van der Waals surface area contributed by atoms with Crippen LogP contribution in [0.2, 0.25) is 0 Å². The van der Waals surface area contributed by atoms with Gasteiger partial charge in [0, 0.05) is 23.6 Å². The van der Waals surface area contributed by atoms with Gasteiger partial charge in [0.25, 0.3) is 5.91 Å². The highest BCUT2D eigenvalue weighted by molar-refractivity contribution is 6.07. The lowest BCUT2D eigenvalue weighted by molar-refractivity contribution is -0.194. The number of hydrogen-bond acceptors (Lipinski definition) is 6. The van der Waals surface area contributed by atoms with Crippen molar-refractivity contribution in [3.05, 3.63) is 83.4 Å². The first kappa shape index (κ1) is 23.8. The summed E-state index contributed by atoms with van der Waals surface area (Å²) in [4.78, 5) is 38.3. The summed E-state index contributed by atoms with van der Waals surface area (Å²) in [5.74, 6) is 1.11. The molecule has 8 heteroatoms. The van der Waals surface area contributed by atoms with E-state index in [1.54, 1.807) is 43.5 Å². The zero-order valence-corrected chi connectivity index (χ0v) is 20.2. The Morgan fingerprint density at radius 3 is 2.42 bits per heavy atom. The monoisotopic (exact) mass is 487 g/mol. The quantitative estimate of drug-likeness (QED) is 0.473. The largest absolute Gasteiger partial charge is 0.497 e. The Morgan fingerprint density at radius 2 is 1.69 bits per heavy atom. The van der Waals surface area contributed by atoms with Gasteiger partial charge in [-0.15, -0.1) is 0 Å². The molecule has 0 bridgehead atoms.